The summed E-state index contributed by atoms with van der Waals surface area (Å²) in [5, 5.41) is 13.6. The Morgan fingerprint density at radius 1 is 0.815 bits per heavy atom. The number of anilines is 1. The summed E-state index contributed by atoms with van der Waals surface area (Å²) < 4.78 is 0. The van der Waals surface area contributed by atoms with Crippen LogP contribution in [0.5, 0.6) is 0 Å². The summed E-state index contributed by atoms with van der Waals surface area (Å²) in [6.07, 6.45) is 0.0657. The molecule has 0 fully saturated rings. The average molecular weight is 379 g/mol. The summed E-state index contributed by atoms with van der Waals surface area (Å²) in [6.45, 7) is 0.435. The van der Waals surface area contributed by atoms with Gasteiger partial charge >= 0.3 is 0 Å². The molecule has 2 unspecified atom stereocenters. The highest BCUT2D eigenvalue weighted by Gasteiger charge is 2.15. The van der Waals surface area contributed by atoms with Crippen molar-refractivity contribution >= 4 is 17.4 Å². The molecule has 0 heterocycles. The normalized spacial score (nSPS) is 13.1. The van der Waals surface area contributed by atoms with Crippen molar-refractivity contribution in [3.63, 3.8) is 0 Å². The summed E-state index contributed by atoms with van der Waals surface area (Å²) in [6, 6.07) is 28.5. The van der Waals surface area contributed by atoms with Gasteiger partial charge in [-0.3, -0.25) is 0 Å². The molecule has 0 spiro atoms. The van der Waals surface area contributed by atoms with Gasteiger partial charge in [0.15, 0.2) is 0 Å². The number of aliphatic hydroxyl groups is 1. The highest BCUT2D eigenvalue weighted by molar-refractivity contribution is 7.98. The maximum Gasteiger partial charge on any atom is 0.0866 e. The van der Waals surface area contributed by atoms with Crippen molar-refractivity contribution in [3.8, 4) is 0 Å². The minimum absolute atomic E-state index is 0.291. The molecule has 0 aromatic heterocycles. The third-order valence-corrected chi connectivity index (χ3v) is 5.51. The SMILES string of the molecule is NC(Cc1ccccc1)C(O)CNc1ccc(SCc2ccccc2)cc1. The van der Waals surface area contributed by atoms with Gasteiger partial charge in [0, 0.05) is 28.9 Å². The van der Waals surface area contributed by atoms with Crippen molar-refractivity contribution < 1.29 is 5.11 Å². The zero-order valence-electron chi connectivity index (χ0n) is 15.3. The minimum atomic E-state index is -0.600. The molecular formula is C23H26N2OS. The third kappa shape index (κ3) is 6.43. The summed E-state index contributed by atoms with van der Waals surface area (Å²) >= 11 is 1.82. The zero-order chi connectivity index (χ0) is 18.9. The van der Waals surface area contributed by atoms with E-state index in [-0.39, 0.29) is 6.04 Å². The first-order valence-corrected chi connectivity index (χ1v) is 10.2. The fourth-order valence-electron chi connectivity index (χ4n) is 2.81. The first kappa shape index (κ1) is 19.5. The van der Waals surface area contributed by atoms with Crippen molar-refractivity contribution in [2.45, 2.75) is 29.2 Å². The fourth-order valence-corrected chi connectivity index (χ4v) is 3.66. The molecule has 140 valence electrons. The number of thioether (sulfide) groups is 1. The maximum atomic E-state index is 10.3. The lowest BCUT2D eigenvalue weighted by atomic mass is 10.0. The molecule has 27 heavy (non-hydrogen) atoms. The lowest BCUT2D eigenvalue weighted by Crippen LogP contribution is -2.41. The van der Waals surface area contributed by atoms with Crippen LogP contribution in [-0.2, 0) is 12.2 Å². The maximum absolute atomic E-state index is 10.3. The number of nitrogens with one attached hydrogen (secondary N) is 1. The molecule has 0 bridgehead atoms. The predicted molar refractivity (Wildman–Crippen MR) is 115 cm³/mol. The monoisotopic (exact) mass is 378 g/mol. The first-order chi connectivity index (χ1) is 13.2. The summed E-state index contributed by atoms with van der Waals surface area (Å²) in [4.78, 5) is 1.23. The van der Waals surface area contributed by atoms with Gasteiger partial charge in [-0.1, -0.05) is 60.7 Å². The van der Waals surface area contributed by atoms with E-state index < -0.39 is 6.10 Å². The van der Waals surface area contributed by atoms with Crippen molar-refractivity contribution in [3.05, 3.63) is 96.1 Å². The van der Waals surface area contributed by atoms with Gasteiger partial charge in [0.2, 0.25) is 0 Å². The van der Waals surface area contributed by atoms with E-state index in [0.29, 0.717) is 13.0 Å². The standard InChI is InChI=1S/C23H26N2OS/c24-22(15-18-7-3-1-4-8-18)23(26)16-25-20-11-13-21(14-12-20)27-17-19-9-5-2-6-10-19/h1-14,22-23,25-26H,15-17,24H2. The van der Waals surface area contributed by atoms with Crippen LogP contribution in [-0.4, -0.2) is 23.8 Å². The van der Waals surface area contributed by atoms with Crippen LogP contribution >= 0.6 is 11.8 Å². The molecule has 3 nitrogen and oxygen atoms in total. The van der Waals surface area contributed by atoms with E-state index in [0.717, 1.165) is 17.0 Å². The van der Waals surface area contributed by atoms with Crippen LogP contribution in [0.1, 0.15) is 11.1 Å². The molecule has 3 aromatic carbocycles. The van der Waals surface area contributed by atoms with E-state index in [4.69, 9.17) is 5.73 Å². The summed E-state index contributed by atoms with van der Waals surface area (Å²) in [5.41, 5.74) is 9.59. The van der Waals surface area contributed by atoms with Gasteiger partial charge in [0.1, 0.15) is 0 Å². The summed E-state index contributed by atoms with van der Waals surface area (Å²) in [5.74, 6) is 0.959. The van der Waals surface area contributed by atoms with Gasteiger partial charge in [-0.25, -0.2) is 0 Å². The van der Waals surface area contributed by atoms with Crippen LogP contribution in [0.3, 0.4) is 0 Å². The number of hydrogen-bond acceptors (Lipinski definition) is 4. The number of benzene rings is 3. The predicted octanol–water partition coefficient (Wildman–Crippen LogP) is 4.32. The van der Waals surface area contributed by atoms with E-state index in [1.165, 1.54) is 10.5 Å². The second-order valence-corrected chi connectivity index (χ2v) is 7.65. The van der Waals surface area contributed by atoms with Crippen LogP contribution in [0.4, 0.5) is 5.69 Å². The number of rotatable bonds is 9. The molecule has 0 aliphatic heterocycles. The minimum Gasteiger partial charge on any atom is -0.390 e. The third-order valence-electron chi connectivity index (χ3n) is 4.43. The quantitative estimate of drug-likeness (QED) is 0.485. The number of nitrogens with two attached hydrogens (primary N) is 1. The Hall–Kier alpha value is -2.27. The highest BCUT2D eigenvalue weighted by atomic mass is 32.2. The summed E-state index contributed by atoms with van der Waals surface area (Å²) in [7, 11) is 0. The van der Waals surface area contributed by atoms with Crippen LogP contribution in [0.2, 0.25) is 0 Å². The molecule has 0 radical (unpaired) electrons. The van der Waals surface area contributed by atoms with Gasteiger partial charge in [0.05, 0.1) is 6.10 Å². The molecule has 0 saturated carbocycles. The van der Waals surface area contributed by atoms with Gasteiger partial charge in [-0.2, -0.15) is 0 Å². The smallest absolute Gasteiger partial charge is 0.0866 e. The molecule has 3 aromatic rings. The van der Waals surface area contributed by atoms with Gasteiger partial charge in [0.25, 0.3) is 0 Å². The number of aliphatic hydroxyl groups excluding tert-OH is 1. The van der Waals surface area contributed by atoms with Crippen LogP contribution < -0.4 is 11.1 Å². The van der Waals surface area contributed by atoms with E-state index in [9.17, 15) is 5.11 Å². The van der Waals surface area contributed by atoms with Crippen molar-refractivity contribution in [1.29, 1.82) is 0 Å². The molecule has 4 heteroatoms. The lowest BCUT2D eigenvalue weighted by Gasteiger charge is -2.20. The molecule has 0 aliphatic rings. The molecule has 0 amide bonds. The Morgan fingerprint density at radius 3 is 2.04 bits per heavy atom. The Kier molecular flexibility index (Phi) is 7.34. The van der Waals surface area contributed by atoms with Crippen molar-refractivity contribution in [2.24, 2.45) is 5.73 Å². The van der Waals surface area contributed by atoms with Crippen LogP contribution in [0, 0.1) is 0 Å². The van der Waals surface area contributed by atoms with E-state index in [1.54, 1.807) is 0 Å². The topological polar surface area (TPSA) is 58.3 Å². The van der Waals surface area contributed by atoms with Crippen molar-refractivity contribution in [2.75, 3.05) is 11.9 Å². The first-order valence-electron chi connectivity index (χ1n) is 9.19. The van der Waals surface area contributed by atoms with Gasteiger partial charge in [-0.15, -0.1) is 11.8 Å². The molecule has 2 atom stereocenters. The van der Waals surface area contributed by atoms with Gasteiger partial charge < -0.3 is 16.2 Å². The van der Waals surface area contributed by atoms with E-state index in [2.05, 4.69) is 41.7 Å². The molecule has 0 saturated heterocycles. The molecule has 3 rings (SSSR count). The average Bonchev–Trinajstić information content (AvgIpc) is 2.72. The van der Waals surface area contributed by atoms with E-state index in [1.807, 2.05) is 60.3 Å². The Morgan fingerprint density at radius 2 is 1.41 bits per heavy atom. The Bertz CT molecular complexity index is 794. The van der Waals surface area contributed by atoms with Crippen LogP contribution in [0.25, 0.3) is 0 Å². The molecule has 4 N–H and O–H groups in total. The Labute approximate surface area is 165 Å². The second kappa shape index (κ2) is 10.2. The molecule has 0 aliphatic carbocycles. The lowest BCUT2D eigenvalue weighted by molar-refractivity contribution is 0.156. The van der Waals surface area contributed by atoms with E-state index >= 15 is 0 Å². The number of hydrogen-bond donors (Lipinski definition) is 3. The zero-order valence-corrected chi connectivity index (χ0v) is 16.1. The highest BCUT2D eigenvalue weighted by Crippen LogP contribution is 2.24. The van der Waals surface area contributed by atoms with Crippen LogP contribution in [0.15, 0.2) is 89.8 Å². The largest absolute Gasteiger partial charge is 0.390 e. The van der Waals surface area contributed by atoms with Gasteiger partial charge in [-0.05, 0) is 41.8 Å². The molecular weight excluding hydrogens is 352 g/mol. The second-order valence-electron chi connectivity index (χ2n) is 6.60. The fraction of sp³-hybridized carbons (Fsp3) is 0.217. The Balaban J connectivity index is 1.44. The van der Waals surface area contributed by atoms with Crippen molar-refractivity contribution in [1.82, 2.24) is 0 Å².